The van der Waals surface area contributed by atoms with Gasteiger partial charge in [0.1, 0.15) is 5.75 Å². The fourth-order valence-corrected chi connectivity index (χ4v) is 1.49. The quantitative estimate of drug-likeness (QED) is 0.277. The van der Waals surface area contributed by atoms with Crippen LogP contribution in [0.3, 0.4) is 0 Å². The van der Waals surface area contributed by atoms with Crippen LogP contribution in [0.1, 0.15) is 11.1 Å². The van der Waals surface area contributed by atoms with E-state index in [-0.39, 0.29) is 0 Å². The zero-order valence-corrected chi connectivity index (χ0v) is 9.34. The zero-order valence-electron chi connectivity index (χ0n) is 9.34. The van der Waals surface area contributed by atoms with Crippen LogP contribution in [0.4, 0.5) is 0 Å². The molecule has 0 aliphatic carbocycles. The van der Waals surface area contributed by atoms with E-state index >= 15 is 0 Å². The Labute approximate surface area is 90.8 Å². The highest BCUT2D eigenvalue weighted by molar-refractivity contribution is 5.37. The van der Waals surface area contributed by atoms with Gasteiger partial charge in [0.15, 0.2) is 0 Å². The van der Waals surface area contributed by atoms with Crippen LogP contribution in [0.2, 0.25) is 0 Å². The first-order chi connectivity index (χ1) is 7.27. The Kier molecular flexibility index (Phi) is 5.10. The molecule has 15 heavy (non-hydrogen) atoms. The predicted molar refractivity (Wildman–Crippen MR) is 61.6 cm³/mol. The van der Waals surface area contributed by atoms with E-state index in [1.807, 2.05) is 6.07 Å². The summed E-state index contributed by atoms with van der Waals surface area (Å²) < 4.78 is 5.29. The molecule has 0 aliphatic rings. The second-order valence-corrected chi connectivity index (χ2v) is 3.45. The van der Waals surface area contributed by atoms with Crippen LogP contribution in [0.15, 0.2) is 18.2 Å². The molecule has 0 aliphatic heterocycles. The molecule has 4 heteroatoms. The van der Waals surface area contributed by atoms with E-state index in [1.54, 1.807) is 7.11 Å². The summed E-state index contributed by atoms with van der Waals surface area (Å²) in [5.74, 6) is 6.10. The minimum atomic E-state index is 0.619. The van der Waals surface area contributed by atoms with Gasteiger partial charge >= 0.3 is 0 Å². The number of aryl methyl sites for hydroxylation is 1. The Morgan fingerprint density at radius 1 is 1.40 bits per heavy atom. The van der Waals surface area contributed by atoms with Crippen molar-refractivity contribution in [3.05, 3.63) is 29.3 Å². The Morgan fingerprint density at radius 3 is 2.87 bits per heavy atom. The fraction of sp³-hybridized carbons (Fsp3) is 0.455. The van der Waals surface area contributed by atoms with Gasteiger partial charge in [0, 0.05) is 6.54 Å². The third kappa shape index (κ3) is 3.87. The van der Waals surface area contributed by atoms with Crippen molar-refractivity contribution in [2.75, 3.05) is 20.3 Å². The maximum atomic E-state index is 5.29. The van der Waals surface area contributed by atoms with Crippen LogP contribution in [-0.4, -0.2) is 20.3 Å². The molecule has 0 fully saturated rings. The Bertz CT molecular complexity index is 302. The number of benzene rings is 1. The molecule has 0 spiro atoms. The highest BCUT2D eigenvalue weighted by atomic mass is 16.5. The minimum Gasteiger partial charge on any atom is -0.496 e. The van der Waals surface area contributed by atoms with Crippen molar-refractivity contribution in [1.82, 2.24) is 10.7 Å². The average molecular weight is 209 g/mol. The number of methoxy groups -OCH3 is 1. The van der Waals surface area contributed by atoms with Gasteiger partial charge in [0.05, 0.1) is 13.8 Å². The molecule has 0 aromatic heterocycles. The van der Waals surface area contributed by atoms with E-state index in [1.165, 1.54) is 11.1 Å². The lowest BCUT2D eigenvalue weighted by atomic mass is 10.1. The molecular weight excluding hydrogens is 190 g/mol. The van der Waals surface area contributed by atoms with Gasteiger partial charge < -0.3 is 10.1 Å². The number of nitrogens with two attached hydrogens (primary N) is 1. The largest absolute Gasteiger partial charge is 0.496 e. The standard InChI is InChI=1S/C11H19N3O/c1-9-3-4-11(15-2)10(7-9)5-6-13-8-14-12/h3-4,7,13-14H,5-6,8,12H2,1-2H3. The molecule has 0 saturated carbocycles. The first-order valence-electron chi connectivity index (χ1n) is 5.05. The van der Waals surface area contributed by atoms with E-state index in [0.29, 0.717) is 6.67 Å². The normalized spacial score (nSPS) is 10.3. The second kappa shape index (κ2) is 6.40. The summed E-state index contributed by atoms with van der Waals surface area (Å²) in [6.07, 6.45) is 0.937. The van der Waals surface area contributed by atoms with Gasteiger partial charge in [-0.2, -0.15) is 0 Å². The van der Waals surface area contributed by atoms with E-state index in [2.05, 4.69) is 29.8 Å². The minimum absolute atomic E-state index is 0.619. The van der Waals surface area contributed by atoms with Gasteiger partial charge in [-0.3, -0.25) is 5.84 Å². The summed E-state index contributed by atoms with van der Waals surface area (Å²) >= 11 is 0. The summed E-state index contributed by atoms with van der Waals surface area (Å²) in [4.78, 5) is 0. The number of nitrogens with one attached hydrogen (secondary N) is 2. The van der Waals surface area contributed by atoms with Gasteiger partial charge in [0.2, 0.25) is 0 Å². The SMILES string of the molecule is COc1ccc(C)cc1CCNCNN. The third-order valence-corrected chi connectivity index (χ3v) is 2.23. The van der Waals surface area contributed by atoms with Crippen molar-refractivity contribution in [3.8, 4) is 5.75 Å². The number of hydrogen-bond donors (Lipinski definition) is 3. The Morgan fingerprint density at radius 2 is 2.20 bits per heavy atom. The summed E-state index contributed by atoms with van der Waals surface area (Å²) in [5, 5.41) is 3.16. The Balaban J connectivity index is 2.54. The molecule has 0 heterocycles. The molecule has 0 unspecified atom stereocenters. The van der Waals surface area contributed by atoms with Crippen LogP contribution in [0.25, 0.3) is 0 Å². The van der Waals surface area contributed by atoms with E-state index in [4.69, 9.17) is 10.6 Å². The van der Waals surface area contributed by atoms with Crippen LogP contribution < -0.4 is 21.3 Å². The van der Waals surface area contributed by atoms with Gasteiger partial charge in [-0.05, 0) is 25.0 Å². The van der Waals surface area contributed by atoms with Gasteiger partial charge in [0.25, 0.3) is 0 Å². The monoisotopic (exact) mass is 209 g/mol. The van der Waals surface area contributed by atoms with Crippen LogP contribution in [0.5, 0.6) is 5.75 Å². The molecule has 0 amide bonds. The third-order valence-electron chi connectivity index (χ3n) is 2.23. The number of ether oxygens (including phenoxy) is 1. The molecule has 4 nitrogen and oxygen atoms in total. The molecule has 1 aromatic rings. The molecule has 84 valence electrons. The Hall–Kier alpha value is -1.10. The summed E-state index contributed by atoms with van der Waals surface area (Å²) in [7, 11) is 1.70. The maximum Gasteiger partial charge on any atom is 0.122 e. The van der Waals surface area contributed by atoms with Crippen molar-refractivity contribution in [2.45, 2.75) is 13.3 Å². The van der Waals surface area contributed by atoms with Crippen molar-refractivity contribution < 1.29 is 4.74 Å². The zero-order chi connectivity index (χ0) is 11.1. The molecule has 0 atom stereocenters. The van der Waals surface area contributed by atoms with Crippen LogP contribution in [0, 0.1) is 6.92 Å². The lowest BCUT2D eigenvalue weighted by Crippen LogP contribution is -2.34. The highest BCUT2D eigenvalue weighted by Gasteiger charge is 2.02. The topological polar surface area (TPSA) is 59.3 Å². The first kappa shape index (κ1) is 12.0. The summed E-state index contributed by atoms with van der Waals surface area (Å²) in [5.41, 5.74) is 5.03. The number of rotatable bonds is 6. The average Bonchev–Trinajstić information content (AvgIpc) is 2.25. The van der Waals surface area contributed by atoms with Crippen molar-refractivity contribution in [2.24, 2.45) is 5.84 Å². The number of hydrazine groups is 1. The molecule has 1 rings (SSSR count). The van der Waals surface area contributed by atoms with E-state index in [0.717, 1.165) is 18.7 Å². The molecule has 0 saturated heterocycles. The lowest BCUT2D eigenvalue weighted by Gasteiger charge is -2.09. The predicted octanol–water partition coefficient (Wildman–Crippen LogP) is 0.557. The lowest BCUT2D eigenvalue weighted by molar-refractivity contribution is 0.409. The molecule has 0 bridgehead atoms. The maximum absolute atomic E-state index is 5.29. The van der Waals surface area contributed by atoms with Crippen LogP contribution in [-0.2, 0) is 6.42 Å². The smallest absolute Gasteiger partial charge is 0.122 e. The van der Waals surface area contributed by atoms with Gasteiger partial charge in [-0.25, -0.2) is 5.43 Å². The van der Waals surface area contributed by atoms with Crippen molar-refractivity contribution in [1.29, 1.82) is 0 Å². The van der Waals surface area contributed by atoms with E-state index in [9.17, 15) is 0 Å². The summed E-state index contributed by atoms with van der Waals surface area (Å²) in [6, 6.07) is 6.21. The van der Waals surface area contributed by atoms with Crippen LogP contribution >= 0.6 is 0 Å². The highest BCUT2D eigenvalue weighted by Crippen LogP contribution is 2.19. The molecular formula is C11H19N3O. The number of hydrogen-bond acceptors (Lipinski definition) is 4. The van der Waals surface area contributed by atoms with Crippen molar-refractivity contribution in [3.63, 3.8) is 0 Å². The molecule has 4 N–H and O–H groups in total. The second-order valence-electron chi connectivity index (χ2n) is 3.45. The van der Waals surface area contributed by atoms with Gasteiger partial charge in [-0.1, -0.05) is 17.7 Å². The molecule has 1 aromatic carbocycles. The van der Waals surface area contributed by atoms with Gasteiger partial charge in [-0.15, -0.1) is 0 Å². The fourth-order valence-electron chi connectivity index (χ4n) is 1.49. The van der Waals surface area contributed by atoms with E-state index < -0.39 is 0 Å². The summed E-state index contributed by atoms with van der Waals surface area (Å²) in [6.45, 7) is 3.58. The van der Waals surface area contributed by atoms with Crippen molar-refractivity contribution >= 4 is 0 Å². The molecule has 0 radical (unpaired) electrons. The first-order valence-corrected chi connectivity index (χ1v) is 5.05.